The average molecular weight is 213 g/mol. The summed E-state index contributed by atoms with van der Waals surface area (Å²) in [4.78, 5) is 0. The fraction of sp³-hybridized carbons (Fsp3) is 0. The summed E-state index contributed by atoms with van der Waals surface area (Å²) >= 11 is 1.31. The van der Waals surface area contributed by atoms with Gasteiger partial charge in [0.05, 0.1) is 0 Å². The van der Waals surface area contributed by atoms with E-state index >= 15 is 0 Å². The van der Waals surface area contributed by atoms with E-state index in [1.54, 1.807) is 0 Å². The van der Waals surface area contributed by atoms with Gasteiger partial charge in [0.1, 0.15) is 0 Å². The molecule has 0 saturated carbocycles. The van der Waals surface area contributed by atoms with Crippen molar-refractivity contribution in [3.05, 3.63) is 0 Å². The van der Waals surface area contributed by atoms with Crippen LogP contribution in [0.1, 0.15) is 0 Å². The average Bonchev–Trinajstić information content (AvgIpc) is 0.918. The Kier molecular flexibility index (Phi) is 20.6. The molecule has 4 heavy (non-hydrogen) atoms. The molecule has 1 atom stereocenters. The molecule has 0 spiro atoms. The van der Waals surface area contributed by atoms with Crippen molar-refractivity contribution in [1.29, 1.82) is 0 Å². The first-order valence-corrected chi connectivity index (χ1v) is 6.90. The number of hydrogen-bond donors (Lipinski definition) is 0. The first-order valence-electron chi connectivity index (χ1n) is 0.558. The number of hydrogen-bond acceptors (Lipinski definition) is 0. The van der Waals surface area contributed by atoms with Crippen LogP contribution in [-0.4, -0.2) is 8.85 Å². The molecule has 0 heterocycles. The van der Waals surface area contributed by atoms with E-state index in [0.29, 0.717) is 0 Å². The van der Waals surface area contributed by atoms with Crippen molar-refractivity contribution in [3.8, 4) is 0 Å². The molecule has 0 amide bonds. The molecule has 0 aromatic carbocycles. The van der Waals surface area contributed by atoms with Crippen molar-refractivity contribution < 1.29 is 36.3 Å². The maximum atomic E-state index is 2.64. The molecule has 0 rings (SSSR count). The van der Waals surface area contributed by atoms with Gasteiger partial charge in [0.15, 0.2) is 0 Å². The molecular formula is H5FeNbPSi. The molecular weight excluding hydrogens is 208 g/mol. The Balaban J connectivity index is 0. The molecule has 0 nitrogen and oxygen atoms in total. The van der Waals surface area contributed by atoms with E-state index < -0.39 is 0 Å². The van der Waals surface area contributed by atoms with Crippen molar-refractivity contribution in [2.24, 2.45) is 0 Å². The van der Waals surface area contributed by atoms with E-state index in [2.05, 4.69) is 7.93 Å². The molecule has 1 unspecified atom stereocenters. The van der Waals surface area contributed by atoms with Crippen LogP contribution in [0.25, 0.3) is 0 Å². The standard InChI is InChI=1S/Fe.Nb.H2P.H3Si/h;;1H2;1H3/q+1;;-1;. The molecule has 1 radical (unpaired) electrons. The molecule has 4 heteroatoms. The zero-order valence-corrected chi connectivity index (χ0v) is 8.84. The van der Waals surface area contributed by atoms with Gasteiger partial charge < -0.3 is 0 Å². The number of rotatable bonds is 0. The van der Waals surface area contributed by atoms with Crippen LogP contribution in [0.4, 0.5) is 0 Å². The van der Waals surface area contributed by atoms with Crippen LogP contribution in [0, 0.1) is 0 Å². The van der Waals surface area contributed by atoms with Crippen molar-refractivity contribution in [3.63, 3.8) is 0 Å². The first kappa shape index (κ1) is 9.32. The Morgan fingerprint density at radius 3 is 1.75 bits per heavy atom. The van der Waals surface area contributed by atoms with E-state index in [1.165, 1.54) is 22.7 Å². The molecule has 0 N–H and O–H groups in total. The maximum absolute atomic E-state index is 2.64. The van der Waals surface area contributed by atoms with Gasteiger partial charge in [0, 0.05) is 22.4 Å². The molecule has 27 valence electrons. The Morgan fingerprint density at radius 2 is 1.75 bits per heavy atom. The zero-order valence-electron chi connectivity index (χ0n) is 2.38. The van der Waals surface area contributed by atoms with E-state index in [0.717, 1.165) is 0 Å². The second-order valence-electron chi connectivity index (χ2n) is 0.204. The summed E-state index contributed by atoms with van der Waals surface area (Å²) in [5, 5.41) is 0. The van der Waals surface area contributed by atoms with E-state index in [4.69, 9.17) is 0 Å². The summed E-state index contributed by atoms with van der Waals surface area (Å²) in [5.41, 5.74) is 0. The minimum absolute atomic E-state index is 0. The monoisotopic (exact) mass is 213 g/mol. The predicted octanol–water partition coefficient (Wildman–Crippen LogP) is -0.863. The molecule has 0 bridgehead atoms. The summed E-state index contributed by atoms with van der Waals surface area (Å²) in [6, 6.07) is 0. The van der Waals surface area contributed by atoms with E-state index in [-0.39, 0.29) is 22.4 Å². The van der Waals surface area contributed by atoms with Gasteiger partial charge >= 0.3 is 30.7 Å². The summed E-state index contributed by atoms with van der Waals surface area (Å²) in [7, 11) is 3.97. The summed E-state index contributed by atoms with van der Waals surface area (Å²) in [5.74, 6) is 0. The van der Waals surface area contributed by atoms with Crippen LogP contribution in [0.2, 0.25) is 0 Å². The van der Waals surface area contributed by atoms with Crippen LogP contribution in [0.5, 0.6) is 0 Å². The van der Waals surface area contributed by atoms with Gasteiger partial charge in [-0.3, -0.25) is 0 Å². The molecule has 0 aliphatic rings. The summed E-state index contributed by atoms with van der Waals surface area (Å²) < 4.78 is 0. The van der Waals surface area contributed by atoms with Crippen molar-refractivity contribution in [2.75, 3.05) is 0 Å². The molecule has 0 fully saturated rings. The summed E-state index contributed by atoms with van der Waals surface area (Å²) in [6.07, 6.45) is 0. The zero-order chi connectivity index (χ0) is 2.71. The summed E-state index contributed by atoms with van der Waals surface area (Å²) in [6.45, 7) is 0. The second-order valence-corrected chi connectivity index (χ2v) is 7.57. The van der Waals surface area contributed by atoms with Crippen molar-refractivity contribution in [1.82, 2.24) is 0 Å². The Morgan fingerprint density at radius 1 is 1.75 bits per heavy atom. The topological polar surface area (TPSA) is 0 Å². The molecule has 0 saturated heterocycles. The minimum atomic E-state index is 0. The second kappa shape index (κ2) is 8.86. The van der Waals surface area contributed by atoms with Crippen LogP contribution in [0.3, 0.4) is 0 Å². The Bertz CT molecular complexity index is 8.00. The van der Waals surface area contributed by atoms with Gasteiger partial charge in [0.25, 0.3) is 0 Å². The third kappa shape index (κ3) is 9.08. The normalized spacial score (nSPS) is 6.25. The van der Waals surface area contributed by atoms with Crippen LogP contribution < -0.4 is 0 Å². The Hall–Kier alpha value is 1.91. The first-order chi connectivity index (χ1) is 1.41. The van der Waals surface area contributed by atoms with Gasteiger partial charge in [-0.25, -0.2) is 0 Å². The third-order valence-corrected chi connectivity index (χ3v) is 0. The van der Waals surface area contributed by atoms with Gasteiger partial charge in [-0.2, -0.15) is 0 Å². The fourth-order valence-corrected chi connectivity index (χ4v) is 0. The predicted molar refractivity (Wildman–Crippen MR) is 19.6 cm³/mol. The molecule has 0 aromatic rings. The van der Waals surface area contributed by atoms with E-state index in [1.807, 2.05) is 0 Å². The Labute approximate surface area is 52.8 Å². The van der Waals surface area contributed by atoms with Gasteiger partial charge in [-0.1, -0.05) is 0 Å². The van der Waals surface area contributed by atoms with Crippen LogP contribution in [0.15, 0.2) is 0 Å². The third-order valence-electron chi connectivity index (χ3n) is 0. The fourth-order valence-electron chi connectivity index (χ4n) is 0. The van der Waals surface area contributed by atoms with Crippen molar-refractivity contribution >= 4 is 16.8 Å². The molecule has 0 aromatic heterocycles. The van der Waals surface area contributed by atoms with Gasteiger partial charge in [0.2, 0.25) is 0 Å². The van der Waals surface area contributed by atoms with E-state index in [9.17, 15) is 0 Å². The molecule has 0 aliphatic heterocycles. The SMILES string of the molecule is [Nb].[SiH3][Fe][PH2]. The molecule has 0 aliphatic carbocycles. The quantitative estimate of drug-likeness (QED) is 0.362. The van der Waals surface area contributed by atoms with Crippen LogP contribution >= 0.6 is 7.93 Å². The van der Waals surface area contributed by atoms with Crippen LogP contribution in [-0.2, 0) is 36.3 Å². The van der Waals surface area contributed by atoms with Crippen molar-refractivity contribution in [2.45, 2.75) is 0 Å². The van der Waals surface area contributed by atoms with Gasteiger partial charge in [-0.15, -0.1) is 0 Å². The van der Waals surface area contributed by atoms with Gasteiger partial charge in [-0.05, 0) is 0 Å².